The maximum absolute atomic E-state index is 13.6. The molecule has 2 aliphatic heterocycles. The molecule has 0 bridgehead atoms. The van der Waals surface area contributed by atoms with Gasteiger partial charge in [-0.2, -0.15) is 4.31 Å². The van der Waals surface area contributed by atoms with Crippen LogP contribution in [0.3, 0.4) is 0 Å². The Balaban J connectivity index is 1.53. The Hall–Kier alpha value is -2.53. The lowest BCUT2D eigenvalue weighted by Gasteiger charge is -2.42. The van der Waals surface area contributed by atoms with Gasteiger partial charge in [-0.25, -0.2) is 8.42 Å². The first kappa shape index (κ1) is 28.5. The van der Waals surface area contributed by atoms with Crippen LogP contribution >= 0.6 is 11.6 Å². The van der Waals surface area contributed by atoms with E-state index in [-0.39, 0.29) is 34.7 Å². The molecule has 208 valence electrons. The largest absolute Gasteiger partial charge is 0.495 e. The molecule has 2 aliphatic rings. The van der Waals surface area contributed by atoms with Crippen LogP contribution in [-0.4, -0.2) is 95.6 Å². The van der Waals surface area contributed by atoms with Crippen LogP contribution in [0.25, 0.3) is 0 Å². The lowest BCUT2D eigenvalue weighted by atomic mass is 9.76. The van der Waals surface area contributed by atoms with E-state index in [0.29, 0.717) is 44.7 Å². The van der Waals surface area contributed by atoms with E-state index in [1.807, 2.05) is 35.2 Å². The average molecular weight is 566 g/mol. The number of amides is 1. The summed E-state index contributed by atoms with van der Waals surface area (Å²) in [6.45, 7) is 3.93. The molecule has 38 heavy (non-hydrogen) atoms. The van der Waals surface area contributed by atoms with Crippen molar-refractivity contribution in [3.63, 3.8) is 0 Å². The van der Waals surface area contributed by atoms with Gasteiger partial charge >= 0.3 is 0 Å². The molecule has 0 unspecified atom stereocenters. The molecule has 9 nitrogen and oxygen atoms in total. The molecular weight excluding hydrogens is 530 g/mol. The van der Waals surface area contributed by atoms with E-state index in [1.165, 1.54) is 30.7 Å². The fourth-order valence-corrected chi connectivity index (χ4v) is 6.90. The molecule has 2 heterocycles. The molecule has 1 amide bonds. The second kappa shape index (κ2) is 12.1. The number of ether oxygens (including phenoxy) is 3. The summed E-state index contributed by atoms with van der Waals surface area (Å²) in [6.07, 6.45) is 1.30. The summed E-state index contributed by atoms with van der Waals surface area (Å²) in [6, 6.07) is 12.3. The summed E-state index contributed by atoms with van der Waals surface area (Å²) in [5.74, 6) is 1.32. The van der Waals surface area contributed by atoms with Crippen molar-refractivity contribution in [2.75, 3.05) is 67.1 Å². The third-order valence-electron chi connectivity index (χ3n) is 7.51. The summed E-state index contributed by atoms with van der Waals surface area (Å²) >= 11 is 6.26. The van der Waals surface area contributed by atoms with Gasteiger partial charge in [0.2, 0.25) is 15.9 Å². The van der Waals surface area contributed by atoms with E-state index in [4.69, 9.17) is 25.8 Å². The second-order valence-electron chi connectivity index (χ2n) is 10.0. The quantitative estimate of drug-likeness (QED) is 0.460. The standard InChI is InChI=1S/C27H36ClN3O6S/c1-29-13-15-30(16-14-29)26(32)19-27(20-37-21-7-5-4-6-8-21)9-11-31(12-10-27)38(33,34)25-17-22(28)23(35-2)18-24(25)36-3/h4-8,17-18H,9-16,19-20H2,1-3H3. The van der Waals surface area contributed by atoms with Crippen molar-refractivity contribution >= 4 is 27.5 Å². The number of hydrogen-bond donors (Lipinski definition) is 0. The number of sulfonamides is 1. The third-order valence-corrected chi connectivity index (χ3v) is 9.72. The van der Waals surface area contributed by atoms with Gasteiger partial charge in [-0.15, -0.1) is 0 Å². The Morgan fingerprint density at radius 1 is 0.947 bits per heavy atom. The Morgan fingerprint density at radius 3 is 2.18 bits per heavy atom. The minimum atomic E-state index is -3.90. The van der Waals surface area contributed by atoms with Crippen LogP contribution in [0.2, 0.25) is 5.02 Å². The number of nitrogens with zero attached hydrogens (tertiary/aromatic N) is 3. The number of likely N-dealkylation sites (N-methyl/N-ethyl adjacent to an activating group) is 1. The number of hydrogen-bond acceptors (Lipinski definition) is 7. The summed E-state index contributed by atoms with van der Waals surface area (Å²) in [5.41, 5.74) is -0.482. The van der Waals surface area contributed by atoms with Gasteiger partial charge in [0.1, 0.15) is 22.1 Å². The Labute approximate surface area is 230 Å². The molecular formula is C27H36ClN3O6S. The van der Waals surface area contributed by atoms with Crippen LogP contribution in [0.1, 0.15) is 19.3 Å². The Bertz CT molecular complexity index is 1210. The zero-order chi connectivity index (χ0) is 27.3. The van der Waals surface area contributed by atoms with Gasteiger partial charge in [-0.1, -0.05) is 29.8 Å². The first-order valence-electron chi connectivity index (χ1n) is 12.7. The van der Waals surface area contributed by atoms with Crippen molar-refractivity contribution in [2.24, 2.45) is 5.41 Å². The number of piperazine rings is 1. The van der Waals surface area contributed by atoms with Crippen molar-refractivity contribution in [3.8, 4) is 17.2 Å². The van der Waals surface area contributed by atoms with Crippen LogP contribution in [-0.2, 0) is 14.8 Å². The molecule has 0 radical (unpaired) electrons. The maximum Gasteiger partial charge on any atom is 0.246 e. The number of carbonyl (C=O) groups excluding carboxylic acids is 1. The number of rotatable bonds is 9. The molecule has 2 fully saturated rings. The van der Waals surface area contributed by atoms with E-state index in [2.05, 4.69) is 11.9 Å². The van der Waals surface area contributed by atoms with Crippen molar-refractivity contribution in [1.82, 2.24) is 14.1 Å². The Kier molecular flexibility index (Phi) is 9.07. The smallest absolute Gasteiger partial charge is 0.246 e. The molecule has 11 heteroatoms. The fourth-order valence-electron chi connectivity index (χ4n) is 4.99. The number of piperidine rings is 1. The van der Waals surface area contributed by atoms with Gasteiger partial charge in [0.25, 0.3) is 0 Å². The molecule has 2 aromatic carbocycles. The highest BCUT2D eigenvalue weighted by molar-refractivity contribution is 7.89. The highest BCUT2D eigenvalue weighted by Crippen LogP contribution is 2.41. The van der Waals surface area contributed by atoms with E-state index < -0.39 is 15.4 Å². The highest BCUT2D eigenvalue weighted by atomic mass is 35.5. The molecule has 2 aromatic rings. The molecule has 0 spiro atoms. The third kappa shape index (κ3) is 6.36. The molecule has 0 atom stereocenters. The van der Waals surface area contributed by atoms with Crippen LogP contribution in [0.5, 0.6) is 17.2 Å². The zero-order valence-electron chi connectivity index (χ0n) is 22.2. The normalized spacial score (nSPS) is 18.7. The minimum absolute atomic E-state index is 0.00708. The SMILES string of the molecule is COc1cc(OC)c(S(=O)(=O)N2CCC(COc3ccccc3)(CC(=O)N3CCN(C)CC3)CC2)cc1Cl. The highest BCUT2D eigenvalue weighted by Gasteiger charge is 2.42. The van der Waals surface area contributed by atoms with Gasteiger partial charge < -0.3 is 24.0 Å². The van der Waals surface area contributed by atoms with Gasteiger partial charge in [-0.3, -0.25) is 4.79 Å². The second-order valence-corrected chi connectivity index (χ2v) is 12.3. The summed E-state index contributed by atoms with van der Waals surface area (Å²) in [7, 11) is 1.02. The molecule has 0 N–H and O–H groups in total. The topological polar surface area (TPSA) is 88.6 Å². The van der Waals surface area contributed by atoms with Crippen LogP contribution < -0.4 is 14.2 Å². The molecule has 4 rings (SSSR count). The molecule has 0 saturated carbocycles. The Morgan fingerprint density at radius 2 is 1.58 bits per heavy atom. The first-order chi connectivity index (χ1) is 18.2. The van der Waals surface area contributed by atoms with Crippen LogP contribution in [0.15, 0.2) is 47.4 Å². The van der Waals surface area contributed by atoms with Crippen LogP contribution in [0.4, 0.5) is 0 Å². The zero-order valence-corrected chi connectivity index (χ0v) is 23.8. The summed E-state index contributed by atoms with van der Waals surface area (Å²) in [4.78, 5) is 17.5. The fraction of sp³-hybridized carbons (Fsp3) is 0.519. The number of para-hydroxylation sites is 1. The van der Waals surface area contributed by atoms with Crippen LogP contribution in [0, 0.1) is 5.41 Å². The number of carbonyl (C=O) groups is 1. The van der Waals surface area contributed by atoms with Crippen molar-refractivity contribution < 1.29 is 27.4 Å². The summed E-state index contributed by atoms with van der Waals surface area (Å²) in [5, 5.41) is 0.187. The van der Waals surface area contributed by atoms with Crippen molar-refractivity contribution in [2.45, 2.75) is 24.2 Å². The average Bonchev–Trinajstić information content (AvgIpc) is 2.93. The first-order valence-corrected chi connectivity index (χ1v) is 14.6. The van der Waals surface area contributed by atoms with E-state index in [0.717, 1.165) is 18.8 Å². The van der Waals surface area contributed by atoms with Crippen molar-refractivity contribution in [1.29, 1.82) is 0 Å². The number of benzene rings is 2. The maximum atomic E-state index is 13.6. The van der Waals surface area contributed by atoms with E-state index in [9.17, 15) is 13.2 Å². The predicted octanol–water partition coefficient (Wildman–Crippen LogP) is 3.37. The van der Waals surface area contributed by atoms with Gasteiger partial charge in [-0.05, 0) is 38.1 Å². The number of halogens is 1. The van der Waals surface area contributed by atoms with E-state index in [1.54, 1.807) is 0 Å². The lowest BCUT2D eigenvalue weighted by molar-refractivity contribution is -0.136. The van der Waals surface area contributed by atoms with Gasteiger partial charge in [0, 0.05) is 57.2 Å². The predicted molar refractivity (Wildman–Crippen MR) is 146 cm³/mol. The monoisotopic (exact) mass is 565 g/mol. The molecule has 2 saturated heterocycles. The van der Waals surface area contributed by atoms with Gasteiger partial charge in [0.05, 0.1) is 25.8 Å². The minimum Gasteiger partial charge on any atom is -0.495 e. The van der Waals surface area contributed by atoms with E-state index >= 15 is 0 Å². The summed E-state index contributed by atoms with van der Waals surface area (Å²) < 4.78 is 45.4. The van der Waals surface area contributed by atoms with Crippen molar-refractivity contribution in [3.05, 3.63) is 47.5 Å². The molecule has 0 aliphatic carbocycles. The lowest BCUT2D eigenvalue weighted by Crippen LogP contribution is -2.51. The molecule has 0 aromatic heterocycles. The number of methoxy groups -OCH3 is 2. The van der Waals surface area contributed by atoms with Gasteiger partial charge in [0.15, 0.2) is 0 Å².